The molecule has 0 saturated heterocycles. The van der Waals surface area contributed by atoms with Crippen molar-refractivity contribution in [2.75, 3.05) is 0 Å². The summed E-state index contributed by atoms with van der Waals surface area (Å²) in [5.41, 5.74) is 1.79. The molecule has 6 heteroatoms. The molecule has 0 spiro atoms. The first-order valence-electron chi connectivity index (χ1n) is 7.89. The van der Waals surface area contributed by atoms with Gasteiger partial charge in [0.2, 0.25) is 0 Å². The average molecular weight is 383 g/mol. The SMILES string of the molecule is CC(C)OC(Cc1cccc(COc2ccc(Cl)cc2Cl)c1)C(=O)O. The van der Waals surface area contributed by atoms with Crippen LogP contribution in [0.1, 0.15) is 25.0 Å². The molecule has 134 valence electrons. The van der Waals surface area contributed by atoms with E-state index in [9.17, 15) is 9.90 Å². The van der Waals surface area contributed by atoms with E-state index >= 15 is 0 Å². The maximum Gasteiger partial charge on any atom is 0.333 e. The number of ether oxygens (including phenoxy) is 2. The summed E-state index contributed by atoms with van der Waals surface area (Å²) in [6, 6.07) is 12.6. The third kappa shape index (κ3) is 6.24. The van der Waals surface area contributed by atoms with E-state index in [1.54, 1.807) is 18.2 Å². The second-order valence-electron chi connectivity index (χ2n) is 5.90. The van der Waals surface area contributed by atoms with Crippen molar-refractivity contribution >= 4 is 29.2 Å². The lowest BCUT2D eigenvalue weighted by Crippen LogP contribution is -2.29. The molecular weight excluding hydrogens is 363 g/mol. The Morgan fingerprint density at radius 1 is 1.12 bits per heavy atom. The van der Waals surface area contributed by atoms with E-state index in [2.05, 4.69) is 0 Å². The molecule has 0 aliphatic heterocycles. The summed E-state index contributed by atoms with van der Waals surface area (Å²) in [6.07, 6.45) is -0.732. The number of hydrogen-bond acceptors (Lipinski definition) is 3. The Labute approximate surface area is 157 Å². The maximum absolute atomic E-state index is 11.3. The van der Waals surface area contributed by atoms with E-state index in [0.29, 0.717) is 28.8 Å². The number of benzene rings is 2. The fraction of sp³-hybridized carbons (Fsp3) is 0.316. The molecule has 0 amide bonds. The van der Waals surface area contributed by atoms with Gasteiger partial charge in [-0.25, -0.2) is 4.79 Å². The number of carbonyl (C=O) groups is 1. The van der Waals surface area contributed by atoms with Crippen molar-refractivity contribution < 1.29 is 19.4 Å². The van der Waals surface area contributed by atoms with Crippen LogP contribution in [0.25, 0.3) is 0 Å². The number of aliphatic carboxylic acids is 1. The highest BCUT2D eigenvalue weighted by Gasteiger charge is 2.20. The molecule has 2 aromatic rings. The molecule has 2 rings (SSSR count). The van der Waals surface area contributed by atoms with Crippen LogP contribution in [0.2, 0.25) is 10.0 Å². The molecule has 0 saturated carbocycles. The number of carboxylic acids is 1. The summed E-state index contributed by atoms with van der Waals surface area (Å²) < 4.78 is 11.2. The van der Waals surface area contributed by atoms with Crippen LogP contribution in [0.15, 0.2) is 42.5 Å². The largest absolute Gasteiger partial charge is 0.487 e. The number of carboxylic acid groups (broad SMARTS) is 1. The van der Waals surface area contributed by atoms with Crippen molar-refractivity contribution in [2.24, 2.45) is 0 Å². The van der Waals surface area contributed by atoms with Crippen LogP contribution < -0.4 is 4.74 Å². The van der Waals surface area contributed by atoms with Crippen LogP contribution in [0.4, 0.5) is 0 Å². The minimum atomic E-state index is -0.969. The third-order valence-corrected chi connectivity index (χ3v) is 3.94. The first kappa shape index (κ1) is 19.6. The quantitative estimate of drug-likeness (QED) is 0.698. The molecule has 4 nitrogen and oxygen atoms in total. The van der Waals surface area contributed by atoms with Crippen LogP contribution in [0.5, 0.6) is 5.75 Å². The van der Waals surface area contributed by atoms with Gasteiger partial charge >= 0.3 is 5.97 Å². The predicted octanol–water partition coefficient (Wildman–Crippen LogP) is 4.99. The van der Waals surface area contributed by atoms with E-state index in [1.165, 1.54) is 0 Å². The Morgan fingerprint density at radius 3 is 2.48 bits per heavy atom. The first-order chi connectivity index (χ1) is 11.8. The highest BCUT2D eigenvalue weighted by atomic mass is 35.5. The summed E-state index contributed by atoms with van der Waals surface area (Å²) in [4.78, 5) is 11.3. The zero-order valence-corrected chi connectivity index (χ0v) is 15.6. The smallest absolute Gasteiger partial charge is 0.333 e. The van der Waals surface area contributed by atoms with Crippen LogP contribution in [-0.2, 0) is 22.6 Å². The van der Waals surface area contributed by atoms with Crippen molar-refractivity contribution in [1.82, 2.24) is 0 Å². The zero-order valence-electron chi connectivity index (χ0n) is 14.0. The molecule has 0 aliphatic carbocycles. The summed E-state index contributed by atoms with van der Waals surface area (Å²) in [5, 5.41) is 10.3. The second kappa shape index (κ2) is 9.09. The number of hydrogen-bond donors (Lipinski definition) is 1. The maximum atomic E-state index is 11.3. The van der Waals surface area contributed by atoms with Gasteiger partial charge in [0.25, 0.3) is 0 Å². The van der Waals surface area contributed by atoms with Crippen molar-refractivity contribution in [3.8, 4) is 5.75 Å². The molecular formula is C19H20Cl2O4. The normalized spacial score (nSPS) is 12.2. The fourth-order valence-electron chi connectivity index (χ4n) is 2.34. The summed E-state index contributed by atoms with van der Waals surface area (Å²) in [7, 11) is 0. The minimum absolute atomic E-state index is 0.153. The van der Waals surface area contributed by atoms with E-state index < -0.39 is 12.1 Å². The van der Waals surface area contributed by atoms with Crippen molar-refractivity contribution in [3.63, 3.8) is 0 Å². The topological polar surface area (TPSA) is 55.8 Å². The van der Waals surface area contributed by atoms with E-state index in [0.717, 1.165) is 11.1 Å². The van der Waals surface area contributed by atoms with Gasteiger partial charge in [-0.1, -0.05) is 47.5 Å². The summed E-state index contributed by atoms with van der Waals surface area (Å²) in [5.74, 6) is -0.425. The molecule has 0 aromatic heterocycles. The second-order valence-corrected chi connectivity index (χ2v) is 6.74. The minimum Gasteiger partial charge on any atom is -0.487 e. The summed E-state index contributed by atoms with van der Waals surface area (Å²) >= 11 is 12.0. The van der Waals surface area contributed by atoms with E-state index in [-0.39, 0.29) is 6.10 Å². The Kier molecular flexibility index (Phi) is 7.12. The highest BCUT2D eigenvalue weighted by Crippen LogP contribution is 2.28. The summed E-state index contributed by atoms with van der Waals surface area (Å²) in [6.45, 7) is 3.95. The molecule has 0 fully saturated rings. The van der Waals surface area contributed by atoms with Crippen molar-refractivity contribution in [3.05, 3.63) is 63.6 Å². The van der Waals surface area contributed by atoms with Gasteiger partial charge in [0, 0.05) is 11.4 Å². The molecule has 25 heavy (non-hydrogen) atoms. The van der Waals surface area contributed by atoms with Crippen molar-refractivity contribution in [1.29, 1.82) is 0 Å². The molecule has 2 aromatic carbocycles. The van der Waals surface area contributed by atoms with E-state index in [4.69, 9.17) is 32.7 Å². The lowest BCUT2D eigenvalue weighted by atomic mass is 10.0. The molecule has 0 bridgehead atoms. The third-order valence-electron chi connectivity index (χ3n) is 3.41. The van der Waals surface area contributed by atoms with Crippen LogP contribution in [0.3, 0.4) is 0 Å². The molecule has 1 N–H and O–H groups in total. The molecule has 0 radical (unpaired) electrons. The standard InChI is InChI=1S/C19H20Cl2O4/c1-12(2)25-18(19(22)23)9-13-4-3-5-14(8-13)11-24-17-7-6-15(20)10-16(17)21/h3-8,10,12,18H,9,11H2,1-2H3,(H,22,23). The van der Waals surface area contributed by atoms with Crippen LogP contribution >= 0.6 is 23.2 Å². The Hall–Kier alpha value is -1.75. The first-order valence-corrected chi connectivity index (χ1v) is 8.64. The zero-order chi connectivity index (χ0) is 18.4. The van der Waals surface area contributed by atoms with Gasteiger partial charge < -0.3 is 14.6 Å². The van der Waals surface area contributed by atoms with Crippen molar-refractivity contribution in [2.45, 2.75) is 39.1 Å². The van der Waals surface area contributed by atoms with Gasteiger partial charge in [0.1, 0.15) is 12.4 Å². The molecule has 1 atom stereocenters. The van der Waals surface area contributed by atoms with Gasteiger partial charge in [-0.3, -0.25) is 0 Å². The lowest BCUT2D eigenvalue weighted by Gasteiger charge is -2.17. The van der Waals surface area contributed by atoms with Gasteiger partial charge in [-0.2, -0.15) is 0 Å². The molecule has 1 unspecified atom stereocenters. The van der Waals surface area contributed by atoms with E-state index in [1.807, 2.05) is 38.1 Å². The Balaban J connectivity index is 2.04. The van der Waals surface area contributed by atoms with Crippen LogP contribution in [-0.4, -0.2) is 23.3 Å². The number of halogens is 2. The van der Waals surface area contributed by atoms with Gasteiger partial charge in [-0.15, -0.1) is 0 Å². The monoisotopic (exact) mass is 382 g/mol. The Morgan fingerprint density at radius 2 is 1.84 bits per heavy atom. The highest BCUT2D eigenvalue weighted by molar-refractivity contribution is 6.35. The molecule has 0 aliphatic rings. The fourth-order valence-corrected chi connectivity index (χ4v) is 2.80. The average Bonchev–Trinajstić information content (AvgIpc) is 2.53. The number of rotatable bonds is 8. The van der Waals surface area contributed by atoms with Crippen LogP contribution in [0, 0.1) is 0 Å². The lowest BCUT2D eigenvalue weighted by molar-refractivity contribution is -0.153. The van der Waals surface area contributed by atoms with Gasteiger partial charge in [0.15, 0.2) is 6.10 Å². The molecule has 0 heterocycles. The van der Waals surface area contributed by atoms with Gasteiger partial charge in [0.05, 0.1) is 11.1 Å². The predicted molar refractivity (Wildman–Crippen MR) is 98.6 cm³/mol. The van der Waals surface area contributed by atoms with Gasteiger partial charge in [-0.05, 0) is 43.2 Å². The Bertz CT molecular complexity index is 731.